The quantitative estimate of drug-likeness (QED) is 0.620. The molecule has 0 aliphatic carbocycles. The molecule has 1 fully saturated rings. The Bertz CT molecular complexity index is 916. The highest BCUT2D eigenvalue weighted by molar-refractivity contribution is 5.74. The minimum absolute atomic E-state index is 0.384. The van der Waals surface area contributed by atoms with Crippen molar-refractivity contribution in [1.82, 2.24) is 4.90 Å². The van der Waals surface area contributed by atoms with Crippen molar-refractivity contribution >= 4 is 5.97 Å². The van der Waals surface area contributed by atoms with Gasteiger partial charge in [-0.2, -0.15) is 13.2 Å². The van der Waals surface area contributed by atoms with Crippen molar-refractivity contribution in [3.05, 3.63) is 59.2 Å². The van der Waals surface area contributed by atoms with Crippen LogP contribution in [0.3, 0.4) is 0 Å². The van der Waals surface area contributed by atoms with Crippen LogP contribution in [0.25, 0.3) is 0 Å². The van der Waals surface area contributed by atoms with E-state index in [1.54, 1.807) is 29.2 Å². The van der Waals surface area contributed by atoms with Crippen molar-refractivity contribution in [3.8, 4) is 11.5 Å². The molecule has 5 nitrogen and oxygen atoms in total. The molecule has 8 heteroatoms. The molecular formula is C23H26F3NO4. The monoisotopic (exact) mass is 437 g/mol. The molecule has 1 heterocycles. The number of rotatable bonds is 8. The Balaban J connectivity index is 2.13. The second-order valence-corrected chi connectivity index (χ2v) is 7.33. The molecule has 0 amide bonds. The number of alkyl halides is 3. The summed E-state index contributed by atoms with van der Waals surface area (Å²) in [6, 6.07) is 8.84. The number of halogens is 3. The van der Waals surface area contributed by atoms with Crippen molar-refractivity contribution in [2.24, 2.45) is 0 Å². The van der Waals surface area contributed by atoms with Crippen LogP contribution < -0.4 is 9.47 Å². The zero-order valence-corrected chi connectivity index (χ0v) is 17.5. The molecule has 1 aliphatic rings. The highest BCUT2D eigenvalue weighted by atomic mass is 19.4. The van der Waals surface area contributed by atoms with Gasteiger partial charge in [0, 0.05) is 6.54 Å². The van der Waals surface area contributed by atoms with Crippen LogP contribution in [-0.4, -0.2) is 41.8 Å². The molecular weight excluding hydrogens is 411 g/mol. The molecule has 2 aromatic rings. The number of carbonyl (C=O) groups is 1. The lowest BCUT2D eigenvalue weighted by Crippen LogP contribution is -2.39. The van der Waals surface area contributed by atoms with E-state index in [0.29, 0.717) is 55.2 Å². The van der Waals surface area contributed by atoms with Crippen LogP contribution in [0.1, 0.15) is 49.4 Å². The minimum Gasteiger partial charge on any atom is -0.490 e. The van der Waals surface area contributed by atoms with Gasteiger partial charge < -0.3 is 14.6 Å². The number of hydrogen-bond acceptors (Lipinski definition) is 4. The van der Waals surface area contributed by atoms with Gasteiger partial charge in [-0.1, -0.05) is 18.2 Å². The largest absolute Gasteiger partial charge is 0.490 e. The molecule has 1 saturated heterocycles. The summed E-state index contributed by atoms with van der Waals surface area (Å²) in [5.41, 5.74) is 0.269. The first-order valence-corrected chi connectivity index (χ1v) is 10.3. The maximum Gasteiger partial charge on any atom is 0.416 e. The molecule has 0 saturated carbocycles. The van der Waals surface area contributed by atoms with Crippen molar-refractivity contribution in [3.63, 3.8) is 0 Å². The van der Waals surface area contributed by atoms with E-state index in [1.807, 2.05) is 13.8 Å². The van der Waals surface area contributed by atoms with Crippen molar-refractivity contribution in [1.29, 1.82) is 0 Å². The highest BCUT2D eigenvalue weighted by Gasteiger charge is 2.38. The summed E-state index contributed by atoms with van der Waals surface area (Å²) in [6.07, 6.45) is -3.39. The highest BCUT2D eigenvalue weighted by Crippen LogP contribution is 2.40. The molecule has 1 aliphatic heterocycles. The average Bonchev–Trinajstić information content (AvgIpc) is 3.20. The number of benzene rings is 2. The lowest BCUT2D eigenvalue weighted by Gasteiger charge is -2.32. The van der Waals surface area contributed by atoms with E-state index >= 15 is 0 Å². The first-order valence-electron chi connectivity index (χ1n) is 10.3. The Morgan fingerprint density at radius 3 is 2.42 bits per heavy atom. The van der Waals surface area contributed by atoms with Crippen LogP contribution in [0, 0.1) is 0 Å². The van der Waals surface area contributed by atoms with Gasteiger partial charge in [-0.25, -0.2) is 0 Å². The maximum absolute atomic E-state index is 13.4. The minimum atomic E-state index is -4.49. The van der Waals surface area contributed by atoms with Crippen molar-refractivity contribution in [2.45, 2.75) is 44.9 Å². The van der Waals surface area contributed by atoms with E-state index in [1.165, 1.54) is 6.07 Å². The van der Waals surface area contributed by atoms with Crippen LogP contribution in [0.4, 0.5) is 13.2 Å². The molecule has 1 N–H and O–H groups in total. The number of hydrogen-bond donors (Lipinski definition) is 1. The number of aliphatic carboxylic acids is 1. The molecule has 168 valence electrons. The normalized spacial score (nSPS) is 18.0. The molecule has 31 heavy (non-hydrogen) atoms. The summed E-state index contributed by atoms with van der Waals surface area (Å²) in [7, 11) is 0. The molecule has 0 spiro atoms. The van der Waals surface area contributed by atoms with Gasteiger partial charge in [0.2, 0.25) is 0 Å². The predicted octanol–water partition coefficient (Wildman–Crippen LogP) is 5.14. The van der Waals surface area contributed by atoms with E-state index in [9.17, 15) is 23.1 Å². The Labute approximate surface area is 179 Å². The van der Waals surface area contributed by atoms with Gasteiger partial charge in [0.05, 0.1) is 24.8 Å². The first-order chi connectivity index (χ1) is 14.8. The maximum atomic E-state index is 13.4. The summed E-state index contributed by atoms with van der Waals surface area (Å²) in [5, 5.41) is 9.70. The number of carboxylic acids is 1. The molecule has 2 aromatic carbocycles. The molecule has 0 radical (unpaired) electrons. The zero-order valence-electron chi connectivity index (χ0n) is 17.5. The third-order valence-corrected chi connectivity index (χ3v) is 5.32. The summed E-state index contributed by atoms with van der Waals surface area (Å²) < 4.78 is 51.4. The molecule has 0 bridgehead atoms. The molecule has 3 rings (SSSR count). The molecule has 2 atom stereocenters. The van der Waals surface area contributed by atoms with Gasteiger partial charge in [-0.05, 0) is 62.1 Å². The fourth-order valence-electron chi connectivity index (χ4n) is 4.06. The SMILES string of the molecule is CCOc1ccc(C(c2cccc(C(F)(F)F)c2)N2CCCC2C(=O)O)cc1OCC. The van der Waals surface area contributed by atoms with Gasteiger partial charge in [0.25, 0.3) is 0 Å². The van der Waals surface area contributed by atoms with Crippen LogP contribution in [0.2, 0.25) is 0 Å². The van der Waals surface area contributed by atoms with E-state index in [-0.39, 0.29) is 0 Å². The lowest BCUT2D eigenvalue weighted by molar-refractivity contribution is -0.143. The van der Waals surface area contributed by atoms with E-state index in [0.717, 1.165) is 12.1 Å². The van der Waals surface area contributed by atoms with E-state index in [4.69, 9.17) is 9.47 Å². The van der Waals surface area contributed by atoms with Crippen LogP contribution in [-0.2, 0) is 11.0 Å². The van der Waals surface area contributed by atoms with Gasteiger partial charge in [-0.15, -0.1) is 0 Å². The Kier molecular flexibility index (Phi) is 7.10. The number of carboxylic acid groups (broad SMARTS) is 1. The summed E-state index contributed by atoms with van der Waals surface area (Å²) in [6.45, 7) is 4.96. The number of likely N-dealkylation sites (tertiary alicyclic amines) is 1. The second-order valence-electron chi connectivity index (χ2n) is 7.33. The fraction of sp³-hybridized carbons (Fsp3) is 0.435. The molecule has 2 unspecified atom stereocenters. The van der Waals surface area contributed by atoms with Gasteiger partial charge in [0.1, 0.15) is 6.04 Å². The van der Waals surface area contributed by atoms with E-state index in [2.05, 4.69) is 0 Å². The zero-order chi connectivity index (χ0) is 22.6. The average molecular weight is 437 g/mol. The summed E-state index contributed by atoms with van der Waals surface area (Å²) in [4.78, 5) is 13.6. The lowest BCUT2D eigenvalue weighted by atomic mass is 9.94. The topological polar surface area (TPSA) is 59.0 Å². The van der Waals surface area contributed by atoms with Crippen LogP contribution in [0.5, 0.6) is 11.5 Å². The van der Waals surface area contributed by atoms with Crippen molar-refractivity contribution in [2.75, 3.05) is 19.8 Å². The third-order valence-electron chi connectivity index (χ3n) is 5.32. The third kappa shape index (κ3) is 5.12. The Hall–Kier alpha value is -2.74. The summed E-state index contributed by atoms with van der Waals surface area (Å²) >= 11 is 0. The number of nitrogens with zero attached hydrogens (tertiary/aromatic N) is 1. The standard InChI is InChI=1S/C23H26F3NO4/c1-3-30-19-11-10-16(14-20(19)31-4-2)21(27-12-6-9-18(27)22(28)29)15-7-5-8-17(13-15)23(24,25)26/h5,7-8,10-11,13-14,18,21H,3-4,6,9,12H2,1-2H3,(H,28,29). The Morgan fingerprint density at radius 2 is 1.77 bits per heavy atom. The first kappa shape index (κ1) is 22.9. The summed E-state index contributed by atoms with van der Waals surface area (Å²) in [5.74, 6) is 0.0300. The second kappa shape index (κ2) is 9.60. The fourth-order valence-corrected chi connectivity index (χ4v) is 4.06. The van der Waals surface area contributed by atoms with Crippen LogP contribution >= 0.6 is 0 Å². The number of ether oxygens (including phenoxy) is 2. The van der Waals surface area contributed by atoms with Gasteiger partial charge in [0.15, 0.2) is 11.5 Å². The van der Waals surface area contributed by atoms with Gasteiger partial charge in [-0.3, -0.25) is 9.69 Å². The van der Waals surface area contributed by atoms with Crippen molar-refractivity contribution < 1.29 is 32.5 Å². The van der Waals surface area contributed by atoms with Gasteiger partial charge >= 0.3 is 12.1 Å². The van der Waals surface area contributed by atoms with Crippen LogP contribution in [0.15, 0.2) is 42.5 Å². The predicted molar refractivity (Wildman–Crippen MR) is 109 cm³/mol. The van der Waals surface area contributed by atoms with E-state index < -0.39 is 29.8 Å². The smallest absolute Gasteiger partial charge is 0.416 e. The molecule has 0 aromatic heterocycles. The Morgan fingerprint density at radius 1 is 1.10 bits per heavy atom.